The maximum Gasteiger partial charge on any atom is 0.244 e. The molecule has 0 radical (unpaired) electrons. The number of rotatable bonds is 6. The third-order valence-electron chi connectivity index (χ3n) is 4.80. The largest absolute Gasteiger partial charge is 0.349 e. The Hall–Kier alpha value is -2.48. The van der Waals surface area contributed by atoms with Crippen molar-refractivity contribution in [3.63, 3.8) is 0 Å². The van der Waals surface area contributed by atoms with Gasteiger partial charge in [0.05, 0.1) is 12.2 Å². The van der Waals surface area contributed by atoms with E-state index in [9.17, 15) is 14.4 Å². The predicted molar refractivity (Wildman–Crippen MR) is 94.9 cm³/mol. The molecule has 26 heavy (non-hydrogen) atoms. The molecule has 0 saturated carbocycles. The van der Waals surface area contributed by atoms with Crippen LogP contribution in [0.5, 0.6) is 0 Å². The number of carbonyl (C=O) groups excluding carboxylic acids is 3. The molecule has 0 unspecified atom stereocenters. The minimum atomic E-state index is -0.533. The van der Waals surface area contributed by atoms with Crippen molar-refractivity contribution in [2.24, 2.45) is 0 Å². The van der Waals surface area contributed by atoms with Crippen LogP contribution in [-0.2, 0) is 20.9 Å². The number of nitrogens with zero attached hydrogens (tertiary/aromatic N) is 3. The highest BCUT2D eigenvalue weighted by Crippen LogP contribution is 2.12. The van der Waals surface area contributed by atoms with Gasteiger partial charge in [0.2, 0.25) is 17.7 Å². The topological polar surface area (TPSA) is 94.6 Å². The molecule has 1 aromatic heterocycles. The van der Waals surface area contributed by atoms with Crippen molar-refractivity contribution in [3.8, 4) is 0 Å². The molecule has 2 N–H and O–H groups in total. The second-order valence-electron chi connectivity index (χ2n) is 6.58. The van der Waals surface area contributed by atoms with Gasteiger partial charge in [-0.25, -0.2) is 0 Å². The van der Waals surface area contributed by atoms with E-state index >= 15 is 0 Å². The van der Waals surface area contributed by atoms with Crippen LogP contribution >= 0.6 is 0 Å². The molecule has 3 amide bonds. The van der Waals surface area contributed by atoms with Crippen LogP contribution in [0.2, 0.25) is 0 Å². The highest BCUT2D eigenvalue weighted by atomic mass is 16.2. The second kappa shape index (κ2) is 8.75. The number of amides is 3. The summed E-state index contributed by atoms with van der Waals surface area (Å²) in [7, 11) is 0. The zero-order chi connectivity index (χ0) is 18.4. The van der Waals surface area contributed by atoms with E-state index in [1.54, 1.807) is 16.0 Å². The Balaban J connectivity index is 1.53. The van der Waals surface area contributed by atoms with Crippen LogP contribution in [0.4, 0.5) is 0 Å². The summed E-state index contributed by atoms with van der Waals surface area (Å²) in [4.78, 5) is 44.4. The summed E-state index contributed by atoms with van der Waals surface area (Å²) in [6.07, 6.45) is 3.37. The van der Waals surface area contributed by atoms with Crippen LogP contribution < -0.4 is 10.6 Å². The normalized spacial score (nSPS) is 20.3. The molecule has 0 spiro atoms. The zero-order valence-electron chi connectivity index (χ0n) is 14.8. The summed E-state index contributed by atoms with van der Waals surface area (Å²) in [5.41, 5.74) is 0.773. The molecule has 2 aliphatic heterocycles. The third-order valence-corrected chi connectivity index (χ3v) is 4.80. The standard InChI is InChI=1S/C18H25N5O3/c24-16-5-3-9-22(16)10-6-17(25)23-11-8-19-13-15(23)18(26)21-12-14-4-1-2-7-20-14/h1-2,4,7,15,19H,3,5-6,8-13H2,(H,21,26)/t15-/m0/s1. The fraction of sp³-hybridized carbons (Fsp3) is 0.556. The number of aromatic nitrogens is 1. The summed E-state index contributed by atoms with van der Waals surface area (Å²) < 4.78 is 0. The Labute approximate surface area is 152 Å². The van der Waals surface area contributed by atoms with Crippen LogP contribution in [-0.4, -0.2) is 71.3 Å². The van der Waals surface area contributed by atoms with Crippen LogP contribution in [0.25, 0.3) is 0 Å². The number of piperazine rings is 1. The van der Waals surface area contributed by atoms with Gasteiger partial charge >= 0.3 is 0 Å². The fourth-order valence-electron chi connectivity index (χ4n) is 3.35. The average molecular weight is 359 g/mol. The lowest BCUT2D eigenvalue weighted by Crippen LogP contribution is -2.59. The molecule has 1 atom stereocenters. The maximum atomic E-state index is 12.6. The van der Waals surface area contributed by atoms with Crippen molar-refractivity contribution in [2.45, 2.75) is 31.8 Å². The van der Waals surface area contributed by atoms with Crippen molar-refractivity contribution < 1.29 is 14.4 Å². The molecule has 8 nitrogen and oxygen atoms in total. The van der Waals surface area contributed by atoms with Gasteiger partial charge < -0.3 is 20.4 Å². The van der Waals surface area contributed by atoms with Crippen molar-refractivity contribution in [2.75, 3.05) is 32.7 Å². The Bertz CT molecular complexity index is 651. The molecular weight excluding hydrogens is 334 g/mol. The monoisotopic (exact) mass is 359 g/mol. The van der Waals surface area contributed by atoms with E-state index in [0.29, 0.717) is 39.1 Å². The minimum absolute atomic E-state index is 0.0795. The highest BCUT2D eigenvalue weighted by Gasteiger charge is 2.32. The number of hydrogen-bond donors (Lipinski definition) is 2. The van der Waals surface area contributed by atoms with E-state index in [1.807, 2.05) is 18.2 Å². The molecule has 0 bridgehead atoms. The molecule has 2 saturated heterocycles. The summed E-state index contributed by atoms with van der Waals surface area (Å²) >= 11 is 0. The van der Waals surface area contributed by atoms with Crippen LogP contribution in [0.3, 0.4) is 0 Å². The number of pyridine rings is 1. The third kappa shape index (κ3) is 4.57. The quantitative estimate of drug-likeness (QED) is 0.715. The molecule has 2 aliphatic rings. The maximum absolute atomic E-state index is 12.6. The minimum Gasteiger partial charge on any atom is -0.349 e. The summed E-state index contributed by atoms with van der Waals surface area (Å²) in [5.74, 6) is -0.152. The van der Waals surface area contributed by atoms with E-state index in [2.05, 4.69) is 15.6 Å². The lowest BCUT2D eigenvalue weighted by atomic mass is 10.1. The summed E-state index contributed by atoms with van der Waals surface area (Å²) in [6.45, 7) is 3.08. The first-order valence-corrected chi connectivity index (χ1v) is 9.11. The van der Waals surface area contributed by atoms with Crippen molar-refractivity contribution in [1.29, 1.82) is 0 Å². The van der Waals surface area contributed by atoms with E-state index in [1.165, 1.54) is 0 Å². The first-order valence-electron chi connectivity index (χ1n) is 9.11. The molecule has 3 heterocycles. The molecule has 140 valence electrons. The first kappa shape index (κ1) is 18.3. The second-order valence-corrected chi connectivity index (χ2v) is 6.58. The SMILES string of the molecule is O=C(NCc1ccccn1)[C@@H]1CNCCN1C(=O)CCN1CCCC1=O. The van der Waals surface area contributed by atoms with E-state index in [0.717, 1.165) is 18.7 Å². The van der Waals surface area contributed by atoms with Crippen molar-refractivity contribution in [3.05, 3.63) is 30.1 Å². The average Bonchev–Trinajstić information content (AvgIpc) is 3.10. The van der Waals surface area contributed by atoms with Crippen LogP contribution in [0.15, 0.2) is 24.4 Å². The predicted octanol–water partition coefficient (Wildman–Crippen LogP) is -0.489. The molecule has 0 aliphatic carbocycles. The van der Waals surface area contributed by atoms with Gasteiger partial charge in [-0.3, -0.25) is 19.4 Å². The first-order chi connectivity index (χ1) is 12.6. The van der Waals surface area contributed by atoms with E-state index in [-0.39, 0.29) is 24.1 Å². The fourth-order valence-corrected chi connectivity index (χ4v) is 3.35. The Morgan fingerprint density at radius 3 is 2.92 bits per heavy atom. The summed E-state index contributed by atoms with van der Waals surface area (Å²) in [6, 6.07) is 5.00. The van der Waals surface area contributed by atoms with Crippen LogP contribution in [0.1, 0.15) is 25.0 Å². The van der Waals surface area contributed by atoms with Crippen molar-refractivity contribution >= 4 is 17.7 Å². The van der Waals surface area contributed by atoms with Crippen molar-refractivity contribution in [1.82, 2.24) is 25.4 Å². The number of nitrogens with one attached hydrogen (secondary N) is 2. The van der Waals surface area contributed by atoms with Gasteiger partial charge in [0.15, 0.2) is 0 Å². The van der Waals surface area contributed by atoms with Gasteiger partial charge in [-0.15, -0.1) is 0 Å². The summed E-state index contributed by atoms with van der Waals surface area (Å²) in [5, 5.41) is 6.03. The molecule has 0 aromatic carbocycles. The molecule has 2 fully saturated rings. The van der Waals surface area contributed by atoms with Gasteiger partial charge in [0.25, 0.3) is 0 Å². The van der Waals surface area contributed by atoms with Crippen LogP contribution in [0, 0.1) is 0 Å². The zero-order valence-corrected chi connectivity index (χ0v) is 14.8. The Morgan fingerprint density at radius 2 is 2.19 bits per heavy atom. The van der Waals surface area contributed by atoms with E-state index < -0.39 is 6.04 Å². The number of likely N-dealkylation sites (tertiary alicyclic amines) is 1. The smallest absolute Gasteiger partial charge is 0.244 e. The van der Waals surface area contributed by atoms with Gasteiger partial charge in [0.1, 0.15) is 6.04 Å². The van der Waals surface area contributed by atoms with Gasteiger partial charge in [-0.1, -0.05) is 6.07 Å². The van der Waals surface area contributed by atoms with E-state index in [4.69, 9.17) is 0 Å². The molecule has 8 heteroatoms. The number of carbonyl (C=O) groups is 3. The Kier molecular flexibility index (Phi) is 6.17. The molecule has 3 rings (SSSR count). The number of hydrogen-bond acceptors (Lipinski definition) is 5. The van der Waals surface area contributed by atoms with Gasteiger partial charge in [-0.05, 0) is 18.6 Å². The Morgan fingerprint density at radius 1 is 1.31 bits per heavy atom. The van der Waals surface area contributed by atoms with Gasteiger partial charge in [0, 0.05) is 51.8 Å². The lowest BCUT2D eigenvalue weighted by molar-refractivity contribution is -0.142. The molecule has 1 aromatic rings. The lowest BCUT2D eigenvalue weighted by Gasteiger charge is -2.35. The highest BCUT2D eigenvalue weighted by molar-refractivity contribution is 5.88. The molecular formula is C18H25N5O3. The van der Waals surface area contributed by atoms with Gasteiger partial charge in [-0.2, -0.15) is 0 Å².